The molecule has 2 heterocycles. The maximum absolute atomic E-state index is 5.65. The van der Waals surface area contributed by atoms with Gasteiger partial charge in [0, 0.05) is 18.9 Å². The zero-order valence-corrected chi connectivity index (χ0v) is 7.82. The van der Waals surface area contributed by atoms with E-state index in [1.807, 2.05) is 0 Å². The van der Waals surface area contributed by atoms with E-state index < -0.39 is 0 Å². The first-order valence-electron chi connectivity index (χ1n) is 4.54. The molecule has 0 aromatic carbocycles. The first-order valence-corrected chi connectivity index (χ1v) is 4.54. The largest absolute Gasteiger partial charge is 0.381 e. The standard InChI is InChI=1S/C9H16O3/c1-5-7-4-11-9(12-7)6(2)8(5)10-3/h5-9H,4H2,1-3H3/t5-,6-,7-,8+,9?/m0/s1. The molecule has 2 aliphatic rings. The first-order chi connectivity index (χ1) is 5.74. The number of hydrogen-bond donors (Lipinski definition) is 0. The molecule has 0 spiro atoms. The van der Waals surface area contributed by atoms with E-state index >= 15 is 0 Å². The molecule has 0 N–H and O–H groups in total. The number of ether oxygens (including phenoxy) is 3. The Balaban J connectivity index is 2.14. The van der Waals surface area contributed by atoms with Gasteiger partial charge in [0.2, 0.25) is 0 Å². The maximum atomic E-state index is 5.65. The molecule has 70 valence electrons. The van der Waals surface area contributed by atoms with Gasteiger partial charge in [-0.1, -0.05) is 13.8 Å². The van der Waals surface area contributed by atoms with Crippen LogP contribution in [0, 0.1) is 11.8 Å². The smallest absolute Gasteiger partial charge is 0.163 e. The van der Waals surface area contributed by atoms with Crippen molar-refractivity contribution < 1.29 is 14.2 Å². The van der Waals surface area contributed by atoms with E-state index in [1.54, 1.807) is 7.11 Å². The Kier molecular flexibility index (Phi) is 2.10. The van der Waals surface area contributed by atoms with E-state index in [9.17, 15) is 0 Å². The van der Waals surface area contributed by atoms with Gasteiger partial charge in [0.15, 0.2) is 6.29 Å². The van der Waals surface area contributed by atoms with Gasteiger partial charge in [0.25, 0.3) is 0 Å². The molecule has 2 fully saturated rings. The molecule has 2 bridgehead atoms. The van der Waals surface area contributed by atoms with Crippen LogP contribution in [0.25, 0.3) is 0 Å². The summed E-state index contributed by atoms with van der Waals surface area (Å²) < 4.78 is 16.6. The minimum atomic E-state index is -0.0313. The molecule has 2 rings (SSSR count). The predicted molar refractivity (Wildman–Crippen MR) is 43.7 cm³/mol. The average Bonchev–Trinajstić information content (AvgIpc) is 2.48. The lowest BCUT2D eigenvalue weighted by molar-refractivity contribution is -0.183. The predicted octanol–water partition coefficient (Wildman–Crippen LogP) is 1.03. The molecule has 0 saturated carbocycles. The van der Waals surface area contributed by atoms with Crippen molar-refractivity contribution in [3.63, 3.8) is 0 Å². The second kappa shape index (κ2) is 2.98. The zero-order valence-electron chi connectivity index (χ0n) is 7.82. The van der Waals surface area contributed by atoms with Crippen LogP contribution in [0.15, 0.2) is 0 Å². The summed E-state index contributed by atoms with van der Waals surface area (Å²) in [5.41, 5.74) is 0. The third-order valence-electron chi connectivity index (χ3n) is 3.06. The summed E-state index contributed by atoms with van der Waals surface area (Å²) in [4.78, 5) is 0. The summed E-state index contributed by atoms with van der Waals surface area (Å²) in [6, 6.07) is 0. The monoisotopic (exact) mass is 172 g/mol. The Morgan fingerprint density at radius 3 is 2.67 bits per heavy atom. The van der Waals surface area contributed by atoms with Crippen LogP contribution < -0.4 is 0 Å². The second-order valence-electron chi connectivity index (χ2n) is 3.79. The molecule has 5 atom stereocenters. The van der Waals surface area contributed by atoms with Gasteiger partial charge in [-0.2, -0.15) is 0 Å². The fraction of sp³-hybridized carbons (Fsp3) is 1.00. The highest BCUT2D eigenvalue weighted by Gasteiger charge is 2.46. The molecule has 0 aromatic heterocycles. The van der Waals surface area contributed by atoms with Crippen molar-refractivity contribution in [3.05, 3.63) is 0 Å². The minimum Gasteiger partial charge on any atom is -0.381 e. The zero-order chi connectivity index (χ0) is 8.72. The minimum absolute atomic E-state index is 0.0313. The van der Waals surface area contributed by atoms with E-state index in [4.69, 9.17) is 14.2 Å². The molecule has 3 heteroatoms. The van der Waals surface area contributed by atoms with Crippen LogP contribution in [0.5, 0.6) is 0 Å². The molecule has 3 nitrogen and oxygen atoms in total. The van der Waals surface area contributed by atoms with Gasteiger partial charge < -0.3 is 14.2 Å². The number of rotatable bonds is 1. The Labute approximate surface area is 73.0 Å². The highest BCUT2D eigenvalue weighted by molar-refractivity contribution is 4.89. The normalized spacial score (nSPS) is 52.8. The molecular formula is C9H16O3. The quantitative estimate of drug-likeness (QED) is 0.591. The van der Waals surface area contributed by atoms with Gasteiger partial charge in [-0.25, -0.2) is 0 Å². The van der Waals surface area contributed by atoms with Crippen LogP contribution in [-0.2, 0) is 14.2 Å². The van der Waals surface area contributed by atoms with Gasteiger partial charge in [-0.15, -0.1) is 0 Å². The fourth-order valence-electron chi connectivity index (χ4n) is 2.27. The lowest BCUT2D eigenvalue weighted by Gasteiger charge is -2.36. The van der Waals surface area contributed by atoms with Gasteiger partial charge in [0.1, 0.15) is 0 Å². The van der Waals surface area contributed by atoms with Gasteiger partial charge in [0.05, 0.1) is 18.8 Å². The highest BCUT2D eigenvalue weighted by atomic mass is 16.7. The van der Waals surface area contributed by atoms with Gasteiger partial charge in [-0.05, 0) is 0 Å². The van der Waals surface area contributed by atoms with Crippen LogP contribution in [-0.4, -0.2) is 32.2 Å². The van der Waals surface area contributed by atoms with Crippen molar-refractivity contribution in [1.82, 2.24) is 0 Å². The fourth-order valence-corrected chi connectivity index (χ4v) is 2.27. The summed E-state index contributed by atoms with van der Waals surface area (Å²) in [5.74, 6) is 0.799. The average molecular weight is 172 g/mol. The van der Waals surface area contributed by atoms with E-state index in [0.717, 1.165) is 6.61 Å². The van der Waals surface area contributed by atoms with Crippen LogP contribution in [0.3, 0.4) is 0 Å². The molecule has 12 heavy (non-hydrogen) atoms. The van der Waals surface area contributed by atoms with Crippen molar-refractivity contribution in [2.45, 2.75) is 32.3 Å². The van der Waals surface area contributed by atoms with Gasteiger partial charge in [-0.3, -0.25) is 0 Å². The number of fused-ring (bicyclic) bond motifs is 2. The van der Waals surface area contributed by atoms with E-state index in [0.29, 0.717) is 11.8 Å². The van der Waals surface area contributed by atoms with E-state index in [2.05, 4.69) is 13.8 Å². The molecule has 0 amide bonds. The SMILES string of the molecule is CO[C@@H]1[C@@H](C)[C@@H]2COC(O2)[C@H]1C. The molecule has 1 unspecified atom stereocenters. The third kappa shape index (κ3) is 1.08. The summed E-state index contributed by atoms with van der Waals surface area (Å²) in [6.07, 6.45) is 0.503. The van der Waals surface area contributed by atoms with Crippen molar-refractivity contribution in [3.8, 4) is 0 Å². The Hall–Kier alpha value is -0.120. The Morgan fingerprint density at radius 1 is 1.25 bits per heavy atom. The van der Waals surface area contributed by atoms with Crippen molar-refractivity contribution in [2.75, 3.05) is 13.7 Å². The number of methoxy groups -OCH3 is 1. The molecular weight excluding hydrogens is 156 g/mol. The Bertz CT molecular complexity index is 155. The molecule has 2 saturated heterocycles. The topological polar surface area (TPSA) is 27.7 Å². The summed E-state index contributed by atoms with van der Waals surface area (Å²) >= 11 is 0. The first kappa shape index (κ1) is 8.48. The van der Waals surface area contributed by atoms with Crippen molar-refractivity contribution >= 4 is 0 Å². The van der Waals surface area contributed by atoms with Crippen molar-refractivity contribution in [1.29, 1.82) is 0 Å². The second-order valence-corrected chi connectivity index (χ2v) is 3.79. The summed E-state index contributed by atoms with van der Waals surface area (Å²) in [5, 5.41) is 0. The Morgan fingerprint density at radius 2 is 2.00 bits per heavy atom. The van der Waals surface area contributed by atoms with Crippen LogP contribution in [0.2, 0.25) is 0 Å². The molecule has 2 aliphatic heterocycles. The number of hydrogen-bond acceptors (Lipinski definition) is 3. The van der Waals surface area contributed by atoms with E-state index in [1.165, 1.54) is 0 Å². The molecule has 0 aromatic rings. The summed E-state index contributed by atoms with van der Waals surface area (Å²) in [6.45, 7) is 5.02. The van der Waals surface area contributed by atoms with Crippen LogP contribution in [0.4, 0.5) is 0 Å². The molecule has 0 radical (unpaired) electrons. The van der Waals surface area contributed by atoms with Gasteiger partial charge >= 0.3 is 0 Å². The lowest BCUT2D eigenvalue weighted by atomic mass is 9.87. The van der Waals surface area contributed by atoms with Crippen molar-refractivity contribution in [2.24, 2.45) is 11.8 Å². The van der Waals surface area contributed by atoms with E-state index in [-0.39, 0.29) is 18.5 Å². The highest BCUT2D eigenvalue weighted by Crippen LogP contribution is 2.36. The maximum Gasteiger partial charge on any atom is 0.163 e. The van der Waals surface area contributed by atoms with Crippen LogP contribution in [0.1, 0.15) is 13.8 Å². The molecule has 0 aliphatic carbocycles. The van der Waals surface area contributed by atoms with Crippen LogP contribution >= 0.6 is 0 Å². The summed E-state index contributed by atoms with van der Waals surface area (Å²) in [7, 11) is 1.77. The lowest BCUT2D eigenvalue weighted by Crippen LogP contribution is -2.45. The third-order valence-corrected chi connectivity index (χ3v) is 3.06.